The summed E-state index contributed by atoms with van der Waals surface area (Å²) in [7, 11) is 1.87. The Morgan fingerprint density at radius 3 is 3.19 bits per heavy atom. The van der Waals surface area contributed by atoms with Crippen molar-refractivity contribution in [2.45, 2.75) is 12.5 Å². The molecule has 2 N–H and O–H groups in total. The number of rotatable bonds is 3. The van der Waals surface area contributed by atoms with Crippen molar-refractivity contribution in [1.29, 1.82) is 0 Å². The Morgan fingerprint density at radius 1 is 1.52 bits per heavy atom. The maximum Gasteiger partial charge on any atom is 0.254 e. The Hall–Kier alpha value is -1.92. The van der Waals surface area contributed by atoms with E-state index in [0.717, 1.165) is 17.8 Å². The quantitative estimate of drug-likeness (QED) is 0.836. The van der Waals surface area contributed by atoms with E-state index in [-0.39, 0.29) is 17.9 Å². The fraction of sp³-hybridized carbons (Fsp3) is 0.467. The van der Waals surface area contributed by atoms with Gasteiger partial charge in [-0.05, 0) is 30.8 Å². The molecule has 2 heterocycles. The molecule has 0 radical (unpaired) electrons. The predicted octanol–water partition coefficient (Wildman–Crippen LogP) is 0.242. The number of anilines is 1. The summed E-state index contributed by atoms with van der Waals surface area (Å²) >= 11 is 0. The van der Waals surface area contributed by atoms with Gasteiger partial charge in [-0.15, -0.1) is 0 Å². The van der Waals surface area contributed by atoms with Gasteiger partial charge in [-0.2, -0.15) is 0 Å². The molecule has 21 heavy (non-hydrogen) atoms. The Morgan fingerprint density at radius 2 is 2.38 bits per heavy atom. The largest absolute Gasteiger partial charge is 0.373 e. The van der Waals surface area contributed by atoms with Crippen molar-refractivity contribution in [3.63, 3.8) is 0 Å². The van der Waals surface area contributed by atoms with Gasteiger partial charge in [-0.1, -0.05) is 0 Å². The van der Waals surface area contributed by atoms with E-state index in [4.69, 9.17) is 4.74 Å². The van der Waals surface area contributed by atoms with Crippen molar-refractivity contribution in [1.82, 2.24) is 10.2 Å². The monoisotopic (exact) mass is 289 g/mol. The minimum Gasteiger partial charge on any atom is -0.373 e. The maximum absolute atomic E-state index is 12.6. The first-order chi connectivity index (χ1) is 10.2. The van der Waals surface area contributed by atoms with Crippen LogP contribution in [-0.4, -0.2) is 56.1 Å². The zero-order valence-electron chi connectivity index (χ0n) is 12.0. The Bertz CT molecular complexity index is 571. The van der Waals surface area contributed by atoms with E-state index >= 15 is 0 Å². The van der Waals surface area contributed by atoms with E-state index in [0.29, 0.717) is 31.7 Å². The number of carbonyl (C=O) groups excluding carboxylic acids is 2. The molecule has 112 valence electrons. The van der Waals surface area contributed by atoms with Crippen LogP contribution in [0.1, 0.15) is 15.9 Å². The number of likely N-dealkylation sites (N-methyl/N-ethyl adjacent to an activating group) is 1. The second-order valence-corrected chi connectivity index (χ2v) is 5.40. The highest BCUT2D eigenvalue weighted by Crippen LogP contribution is 2.24. The Labute approximate surface area is 123 Å². The second-order valence-electron chi connectivity index (χ2n) is 5.40. The van der Waals surface area contributed by atoms with Crippen molar-refractivity contribution in [3.05, 3.63) is 29.3 Å². The van der Waals surface area contributed by atoms with E-state index in [1.807, 2.05) is 18.0 Å². The summed E-state index contributed by atoms with van der Waals surface area (Å²) in [6, 6.07) is 5.40. The SMILES string of the molecule is CNCC1CN(C(=O)c2ccc3c(c2)CC(=O)N3)CCO1. The number of carbonyl (C=O) groups is 2. The summed E-state index contributed by atoms with van der Waals surface area (Å²) < 4.78 is 5.61. The molecule has 3 rings (SSSR count). The molecule has 1 atom stereocenters. The summed E-state index contributed by atoms with van der Waals surface area (Å²) in [5, 5.41) is 5.84. The van der Waals surface area contributed by atoms with E-state index in [9.17, 15) is 9.59 Å². The van der Waals surface area contributed by atoms with Gasteiger partial charge in [-0.25, -0.2) is 0 Å². The predicted molar refractivity (Wildman–Crippen MR) is 78.3 cm³/mol. The molecule has 1 fully saturated rings. The van der Waals surface area contributed by atoms with Gasteiger partial charge in [0, 0.05) is 30.9 Å². The molecule has 2 amide bonds. The summed E-state index contributed by atoms with van der Waals surface area (Å²) in [5.74, 6) is -0.0170. The number of ether oxygens (including phenoxy) is 1. The molecule has 2 aliphatic heterocycles. The van der Waals surface area contributed by atoms with Crippen LogP contribution >= 0.6 is 0 Å². The number of hydrogen-bond acceptors (Lipinski definition) is 4. The lowest BCUT2D eigenvalue weighted by Crippen LogP contribution is -2.48. The third-order valence-electron chi connectivity index (χ3n) is 3.84. The lowest BCUT2D eigenvalue weighted by atomic mass is 10.1. The lowest BCUT2D eigenvalue weighted by molar-refractivity contribution is -0.115. The number of benzene rings is 1. The number of morpholine rings is 1. The van der Waals surface area contributed by atoms with Gasteiger partial charge in [0.25, 0.3) is 5.91 Å². The third-order valence-corrected chi connectivity index (χ3v) is 3.84. The van der Waals surface area contributed by atoms with Crippen molar-refractivity contribution < 1.29 is 14.3 Å². The van der Waals surface area contributed by atoms with E-state index in [1.165, 1.54) is 0 Å². The molecule has 1 saturated heterocycles. The summed E-state index contributed by atoms with van der Waals surface area (Å²) in [6.45, 7) is 2.48. The van der Waals surface area contributed by atoms with E-state index in [1.54, 1.807) is 12.1 Å². The average molecular weight is 289 g/mol. The van der Waals surface area contributed by atoms with Crippen LogP contribution in [0.5, 0.6) is 0 Å². The number of nitrogens with one attached hydrogen (secondary N) is 2. The standard InChI is InChI=1S/C15H19N3O3/c1-16-8-12-9-18(4-5-21-12)15(20)10-2-3-13-11(6-10)7-14(19)17-13/h2-3,6,12,16H,4-5,7-9H2,1H3,(H,17,19). The molecule has 6 heteroatoms. The topological polar surface area (TPSA) is 70.7 Å². The zero-order chi connectivity index (χ0) is 14.8. The van der Waals surface area contributed by atoms with Crippen LogP contribution in [0.3, 0.4) is 0 Å². The molecular weight excluding hydrogens is 270 g/mol. The van der Waals surface area contributed by atoms with Crippen LogP contribution in [0.4, 0.5) is 5.69 Å². The van der Waals surface area contributed by atoms with Gasteiger partial charge < -0.3 is 20.3 Å². The highest BCUT2D eigenvalue weighted by molar-refractivity contribution is 6.01. The maximum atomic E-state index is 12.6. The summed E-state index contributed by atoms with van der Waals surface area (Å²) in [4.78, 5) is 25.8. The molecule has 0 saturated carbocycles. The van der Waals surface area contributed by atoms with Crippen molar-refractivity contribution >= 4 is 17.5 Å². The van der Waals surface area contributed by atoms with Gasteiger partial charge >= 0.3 is 0 Å². The minimum absolute atomic E-state index is 0.00144. The fourth-order valence-electron chi connectivity index (χ4n) is 2.80. The molecule has 0 spiro atoms. The number of hydrogen-bond donors (Lipinski definition) is 2. The summed E-state index contributed by atoms with van der Waals surface area (Å²) in [5.41, 5.74) is 2.34. The van der Waals surface area contributed by atoms with E-state index < -0.39 is 0 Å². The van der Waals surface area contributed by atoms with Crippen LogP contribution in [0, 0.1) is 0 Å². The second kappa shape index (κ2) is 5.83. The smallest absolute Gasteiger partial charge is 0.254 e. The van der Waals surface area contributed by atoms with Gasteiger partial charge in [0.1, 0.15) is 0 Å². The highest BCUT2D eigenvalue weighted by atomic mass is 16.5. The van der Waals surface area contributed by atoms with Crippen molar-refractivity contribution in [2.24, 2.45) is 0 Å². The fourth-order valence-corrected chi connectivity index (χ4v) is 2.80. The molecule has 0 aromatic heterocycles. The zero-order valence-corrected chi connectivity index (χ0v) is 12.0. The molecule has 2 aliphatic rings. The van der Waals surface area contributed by atoms with Crippen molar-refractivity contribution in [3.8, 4) is 0 Å². The number of nitrogens with zero attached hydrogens (tertiary/aromatic N) is 1. The molecule has 1 aromatic rings. The van der Waals surface area contributed by atoms with Crippen LogP contribution in [0.2, 0.25) is 0 Å². The lowest BCUT2D eigenvalue weighted by Gasteiger charge is -2.33. The number of amides is 2. The Kier molecular flexibility index (Phi) is 3.90. The highest BCUT2D eigenvalue weighted by Gasteiger charge is 2.26. The van der Waals surface area contributed by atoms with Gasteiger partial charge in [0.2, 0.25) is 5.91 Å². The van der Waals surface area contributed by atoms with Gasteiger partial charge in [0.05, 0.1) is 19.1 Å². The van der Waals surface area contributed by atoms with Crippen LogP contribution in [-0.2, 0) is 16.0 Å². The van der Waals surface area contributed by atoms with Gasteiger partial charge in [-0.3, -0.25) is 9.59 Å². The van der Waals surface area contributed by atoms with Crippen molar-refractivity contribution in [2.75, 3.05) is 38.6 Å². The normalized spacial score (nSPS) is 21.1. The third kappa shape index (κ3) is 2.91. The molecule has 6 nitrogen and oxygen atoms in total. The summed E-state index contributed by atoms with van der Waals surface area (Å²) in [6.07, 6.45) is 0.382. The first-order valence-corrected chi connectivity index (χ1v) is 7.15. The van der Waals surface area contributed by atoms with Crippen LogP contribution < -0.4 is 10.6 Å². The molecule has 0 aliphatic carbocycles. The first-order valence-electron chi connectivity index (χ1n) is 7.15. The first kappa shape index (κ1) is 14.0. The van der Waals surface area contributed by atoms with Crippen LogP contribution in [0.25, 0.3) is 0 Å². The number of fused-ring (bicyclic) bond motifs is 1. The minimum atomic E-state index is -0.0185. The van der Waals surface area contributed by atoms with Crippen LogP contribution in [0.15, 0.2) is 18.2 Å². The molecular formula is C15H19N3O3. The average Bonchev–Trinajstić information content (AvgIpc) is 2.86. The molecule has 0 bridgehead atoms. The van der Waals surface area contributed by atoms with Gasteiger partial charge in [0.15, 0.2) is 0 Å². The molecule has 1 aromatic carbocycles. The molecule has 1 unspecified atom stereocenters. The van der Waals surface area contributed by atoms with E-state index in [2.05, 4.69) is 10.6 Å². The Balaban J connectivity index is 1.73.